The number of aryl methyl sites for hydroxylation is 1. The highest BCUT2D eigenvalue weighted by Crippen LogP contribution is 2.29. The molecule has 48 heavy (non-hydrogen) atoms. The van der Waals surface area contributed by atoms with Crippen molar-refractivity contribution in [2.45, 2.75) is 129 Å². The lowest BCUT2D eigenvalue weighted by Gasteiger charge is -2.21. The average Bonchev–Trinajstić information content (AvgIpc) is 3.07. The van der Waals surface area contributed by atoms with Crippen molar-refractivity contribution in [1.82, 2.24) is 0 Å². The topological polar surface area (TPSA) is 52.6 Å². The molecule has 0 aliphatic carbocycles. The average molecular weight is 671 g/mol. The number of carbonyl (C=O) groups is 2. The van der Waals surface area contributed by atoms with Crippen LogP contribution in [0.1, 0.15) is 136 Å². The van der Waals surface area contributed by atoms with Crippen molar-refractivity contribution < 1.29 is 36.6 Å². The lowest BCUT2D eigenvalue weighted by atomic mass is 10.00. The van der Waals surface area contributed by atoms with Gasteiger partial charge in [0.15, 0.2) is 6.10 Å². The van der Waals surface area contributed by atoms with E-state index >= 15 is 0 Å². The van der Waals surface area contributed by atoms with Gasteiger partial charge in [0.2, 0.25) is 0 Å². The Hall–Kier alpha value is -3.68. The number of unbranched alkanes of at least 4 members (excludes halogenated alkanes) is 12. The summed E-state index contributed by atoms with van der Waals surface area (Å²) in [6.07, 6.45) is 9.11. The van der Waals surface area contributed by atoms with E-state index in [0.29, 0.717) is 6.42 Å². The highest BCUT2D eigenvalue weighted by Gasteiger charge is 2.42. The third-order valence-electron chi connectivity index (χ3n) is 8.53. The molecule has 0 aliphatic rings. The van der Waals surface area contributed by atoms with Gasteiger partial charge >= 0.3 is 18.1 Å². The molecule has 0 bridgehead atoms. The zero-order chi connectivity index (χ0) is 34.8. The molecular formula is C40H50F4O4. The van der Waals surface area contributed by atoms with Crippen molar-refractivity contribution >= 4 is 11.9 Å². The molecule has 0 saturated carbocycles. The van der Waals surface area contributed by atoms with Gasteiger partial charge in [-0.2, -0.15) is 13.2 Å². The van der Waals surface area contributed by atoms with E-state index in [-0.39, 0.29) is 17.7 Å². The Bertz CT molecular complexity index is 1380. The van der Waals surface area contributed by atoms with Gasteiger partial charge in [-0.1, -0.05) is 127 Å². The van der Waals surface area contributed by atoms with Crippen molar-refractivity contribution in [2.24, 2.45) is 0 Å². The number of benzene rings is 3. The minimum absolute atomic E-state index is 0.192. The summed E-state index contributed by atoms with van der Waals surface area (Å²) in [5.74, 6) is -3.51. The Kier molecular flexibility index (Phi) is 16.7. The molecule has 0 saturated heterocycles. The molecule has 0 aromatic heterocycles. The second-order valence-corrected chi connectivity index (χ2v) is 12.5. The second kappa shape index (κ2) is 20.6. The van der Waals surface area contributed by atoms with Crippen molar-refractivity contribution in [3.8, 4) is 16.9 Å². The summed E-state index contributed by atoms with van der Waals surface area (Å²) < 4.78 is 64.8. The van der Waals surface area contributed by atoms with E-state index in [1.54, 1.807) is 24.3 Å². The number of hydrogen-bond donors (Lipinski definition) is 0. The summed E-state index contributed by atoms with van der Waals surface area (Å²) in [6, 6.07) is 18.1. The third kappa shape index (κ3) is 13.4. The minimum atomic E-state index is -4.76. The summed E-state index contributed by atoms with van der Waals surface area (Å²) in [5.41, 5.74) is 2.80. The van der Waals surface area contributed by atoms with Gasteiger partial charge in [0, 0.05) is 6.07 Å². The predicted octanol–water partition coefficient (Wildman–Crippen LogP) is 12.2. The Labute approximate surface area is 283 Å². The largest absolute Gasteiger partial charge is 0.449 e. The summed E-state index contributed by atoms with van der Waals surface area (Å²) >= 11 is 0. The number of hydrogen-bond acceptors (Lipinski definition) is 4. The zero-order valence-corrected chi connectivity index (χ0v) is 28.4. The lowest BCUT2D eigenvalue weighted by molar-refractivity contribution is -0.206. The molecule has 0 radical (unpaired) electrons. The summed E-state index contributed by atoms with van der Waals surface area (Å²) in [7, 11) is 0. The zero-order valence-electron chi connectivity index (χ0n) is 28.4. The van der Waals surface area contributed by atoms with Crippen LogP contribution in [0.25, 0.3) is 11.1 Å². The van der Waals surface area contributed by atoms with E-state index in [1.807, 2.05) is 6.92 Å². The Morgan fingerprint density at radius 2 is 1.17 bits per heavy atom. The quantitative estimate of drug-likeness (QED) is 0.0490. The van der Waals surface area contributed by atoms with Gasteiger partial charge in [0.1, 0.15) is 11.6 Å². The Balaban J connectivity index is 1.47. The maximum Gasteiger partial charge on any atom is 0.425 e. The van der Waals surface area contributed by atoms with Crippen LogP contribution in [-0.2, 0) is 11.2 Å². The first-order valence-corrected chi connectivity index (χ1v) is 17.6. The molecule has 3 aromatic rings. The van der Waals surface area contributed by atoms with Crippen LogP contribution >= 0.6 is 0 Å². The first-order valence-electron chi connectivity index (χ1n) is 17.6. The molecule has 8 heteroatoms. The molecule has 1 unspecified atom stereocenters. The fraction of sp³-hybridized carbons (Fsp3) is 0.500. The van der Waals surface area contributed by atoms with Gasteiger partial charge < -0.3 is 9.47 Å². The fourth-order valence-corrected chi connectivity index (χ4v) is 5.61. The van der Waals surface area contributed by atoms with Crippen LogP contribution in [0.5, 0.6) is 5.75 Å². The number of esters is 2. The number of halogens is 4. The van der Waals surface area contributed by atoms with Gasteiger partial charge in [-0.15, -0.1) is 0 Å². The first-order chi connectivity index (χ1) is 23.1. The van der Waals surface area contributed by atoms with Crippen LogP contribution in [0, 0.1) is 5.82 Å². The highest BCUT2D eigenvalue weighted by molar-refractivity contribution is 5.92. The van der Waals surface area contributed by atoms with Gasteiger partial charge in [-0.3, -0.25) is 0 Å². The van der Waals surface area contributed by atoms with E-state index < -0.39 is 42.0 Å². The molecular weight excluding hydrogens is 620 g/mol. The molecule has 0 spiro atoms. The molecule has 3 rings (SSSR count). The number of ether oxygens (including phenoxy) is 2. The van der Waals surface area contributed by atoms with Crippen LogP contribution in [-0.4, -0.2) is 24.2 Å². The van der Waals surface area contributed by atoms with Gasteiger partial charge in [0.25, 0.3) is 0 Å². The maximum atomic E-state index is 14.7. The smallest absolute Gasteiger partial charge is 0.425 e. The van der Waals surface area contributed by atoms with Crippen molar-refractivity contribution in [3.05, 3.63) is 89.2 Å². The van der Waals surface area contributed by atoms with Crippen LogP contribution < -0.4 is 4.74 Å². The molecule has 0 amide bonds. The maximum absolute atomic E-state index is 14.7. The van der Waals surface area contributed by atoms with Crippen molar-refractivity contribution in [3.63, 3.8) is 0 Å². The third-order valence-corrected chi connectivity index (χ3v) is 8.53. The van der Waals surface area contributed by atoms with E-state index in [1.165, 1.54) is 69.8 Å². The van der Waals surface area contributed by atoms with Gasteiger partial charge in [-0.25, -0.2) is 14.0 Å². The molecule has 3 aromatic carbocycles. The molecule has 1 atom stereocenters. The van der Waals surface area contributed by atoms with Crippen LogP contribution in [0.3, 0.4) is 0 Å². The van der Waals surface area contributed by atoms with E-state index in [0.717, 1.165) is 48.6 Å². The van der Waals surface area contributed by atoms with Crippen LogP contribution in [0.4, 0.5) is 17.6 Å². The lowest BCUT2D eigenvalue weighted by Crippen LogP contribution is -2.34. The van der Waals surface area contributed by atoms with Crippen molar-refractivity contribution in [2.75, 3.05) is 0 Å². The van der Waals surface area contributed by atoms with Crippen LogP contribution in [0.2, 0.25) is 0 Å². The first kappa shape index (κ1) is 38.8. The fourth-order valence-electron chi connectivity index (χ4n) is 5.61. The van der Waals surface area contributed by atoms with Crippen LogP contribution in [0.15, 0.2) is 66.7 Å². The van der Waals surface area contributed by atoms with Gasteiger partial charge in [0.05, 0.1) is 11.1 Å². The molecule has 0 heterocycles. The van der Waals surface area contributed by atoms with E-state index in [2.05, 4.69) is 35.9 Å². The summed E-state index contributed by atoms with van der Waals surface area (Å²) in [6.45, 7) is 4.18. The van der Waals surface area contributed by atoms with E-state index in [4.69, 9.17) is 4.74 Å². The predicted molar refractivity (Wildman–Crippen MR) is 183 cm³/mol. The monoisotopic (exact) mass is 670 g/mol. The number of alkyl halides is 3. The van der Waals surface area contributed by atoms with E-state index in [9.17, 15) is 27.2 Å². The Morgan fingerprint density at radius 3 is 1.71 bits per heavy atom. The molecule has 0 fully saturated rings. The molecule has 0 aliphatic heterocycles. The highest BCUT2D eigenvalue weighted by atomic mass is 19.4. The SMILES string of the molecule is CCCCCCCCCCCCc1ccc(-c2ccc(C(=O)Oc3ccc(C(=O)OC(CCCCCC)C(F)(F)F)c(F)c3)cc2)cc1. The Morgan fingerprint density at radius 1 is 0.646 bits per heavy atom. The molecule has 4 nitrogen and oxygen atoms in total. The number of carbonyl (C=O) groups excluding carboxylic acids is 2. The molecule has 262 valence electrons. The van der Waals surface area contributed by atoms with Crippen molar-refractivity contribution in [1.29, 1.82) is 0 Å². The number of rotatable bonds is 21. The van der Waals surface area contributed by atoms with Gasteiger partial charge in [-0.05, 0) is 66.6 Å². The minimum Gasteiger partial charge on any atom is -0.449 e. The second-order valence-electron chi connectivity index (χ2n) is 12.5. The standard InChI is InChI=1S/C40H50F4O4/c1-3-5-7-9-10-11-12-13-14-15-17-30-19-21-31(22-20-30)32-23-25-33(26-24-32)38(45)47-34-27-28-35(36(41)29-34)39(46)48-37(40(42,43)44)18-16-8-6-4-2/h19-29,37H,3-18H2,1-2H3. The summed E-state index contributed by atoms with van der Waals surface area (Å²) in [5, 5.41) is 0. The molecule has 0 N–H and O–H groups in total. The summed E-state index contributed by atoms with van der Waals surface area (Å²) in [4.78, 5) is 25.1. The normalized spacial score (nSPS) is 12.1.